The first-order valence-electron chi connectivity index (χ1n) is 17.4. The summed E-state index contributed by atoms with van der Waals surface area (Å²) in [5.74, 6) is 0.617. The van der Waals surface area contributed by atoms with Crippen LogP contribution in [0.15, 0.2) is 64.2 Å². The van der Waals surface area contributed by atoms with Crippen LogP contribution < -0.4 is 26.4 Å². The Kier molecular flexibility index (Phi) is 13.0. The Labute approximate surface area is 278 Å². The molecule has 1 saturated heterocycles. The van der Waals surface area contributed by atoms with Gasteiger partial charge in [0, 0.05) is 52.4 Å². The fourth-order valence-electron chi connectivity index (χ4n) is 7.32. The summed E-state index contributed by atoms with van der Waals surface area (Å²) in [6.45, 7) is 3.41. The van der Waals surface area contributed by atoms with E-state index in [0.29, 0.717) is 62.2 Å². The summed E-state index contributed by atoms with van der Waals surface area (Å²) in [7, 11) is 1.69. The Morgan fingerprint density at radius 3 is 2.47 bits per heavy atom. The van der Waals surface area contributed by atoms with E-state index in [-0.39, 0.29) is 18.1 Å². The number of nitrogens with zero attached hydrogens (tertiary/aromatic N) is 2. The number of hydrogen-bond acceptors (Lipinski definition) is 9. The quantitative estimate of drug-likeness (QED) is 0.137. The number of piperidine rings is 1. The van der Waals surface area contributed by atoms with E-state index in [1.54, 1.807) is 19.2 Å². The molecular weight excluding hydrogens is 592 g/mol. The van der Waals surface area contributed by atoms with Crippen LogP contribution in [-0.2, 0) is 16.0 Å². The molecule has 1 heterocycles. The van der Waals surface area contributed by atoms with E-state index in [0.717, 1.165) is 49.7 Å². The van der Waals surface area contributed by atoms with Crippen LogP contribution in [-0.4, -0.2) is 57.2 Å². The molecule has 4 atom stereocenters. The van der Waals surface area contributed by atoms with Gasteiger partial charge in [0.25, 0.3) is 10.9 Å². The van der Waals surface area contributed by atoms with Gasteiger partial charge in [0.1, 0.15) is 11.4 Å². The van der Waals surface area contributed by atoms with E-state index in [4.69, 9.17) is 14.7 Å². The zero-order chi connectivity index (χ0) is 33.0. The molecule has 0 spiro atoms. The van der Waals surface area contributed by atoms with Crippen LogP contribution in [0.25, 0.3) is 0 Å². The molecule has 2 aliphatic rings. The largest absolute Gasteiger partial charge is 0.390 e. The maximum absolute atomic E-state index is 13.1. The minimum atomic E-state index is -0.760. The fourth-order valence-corrected chi connectivity index (χ4v) is 7.32. The molecule has 5 rings (SSSR count). The summed E-state index contributed by atoms with van der Waals surface area (Å²) in [4.78, 5) is 28.3. The van der Waals surface area contributed by atoms with Crippen LogP contribution in [0.2, 0.25) is 0 Å². The highest BCUT2D eigenvalue weighted by Gasteiger charge is 2.35. The average Bonchev–Trinajstić information content (AvgIpc) is 3.12. The van der Waals surface area contributed by atoms with Gasteiger partial charge in [-0.3, -0.25) is 9.59 Å². The van der Waals surface area contributed by atoms with Gasteiger partial charge in [-0.15, -0.1) is 0 Å². The zero-order valence-electron chi connectivity index (χ0n) is 27.7. The molecule has 0 bridgehead atoms. The topological polar surface area (TPSA) is 124 Å². The Balaban J connectivity index is 1.29. The number of hydrogen-bond donors (Lipinski definition) is 3. The van der Waals surface area contributed by atoms with Gasteiger partial charge in [-0.25, -0.2) is 0 Å². The lowest BCUT2D eigenvalue weighted by molar-refractivity contribution is -0.00235. The van der Waals surface area contributed by atoms with Gasteiger partial charge in [0.05, 0.1) is 29.9 Å². The van der Waals surface area contributed by atoms with Crippen molar-refractivity contribution in [2.24, 2.45) is 11.8 Å². The second kappa shape index (κ2) is 17.6. The number of rotatable bonds is 17. The Hall–Kier alpha value is -3.55. The molecule has 1 saturated carbocycles. The number of aliphatic hydroxyl groups excluding tert-OH is 1. The minimum absolute atomic E-state index is 0.123. The van der Waals surface area contributed by atoms with Gasteiger partial charge in [-0.2, -0.15) is 5.26 Å². The molecule has 3 N–H and O–H groups in total. The predicted molar refractivity (Wildman–Crippen MR) is 185 cm³/mol. The molecule has 9 heteroatoms. The third-order valence-electron chi connectivity index (χ3n) is 9.88. The van der Waals surface area contributed by atoms with E-state index >= 15 is 0 Å². The molecule has 3 aromatic carbocycles. The normalized spacial score (nSPS) is 19.3. The van der Waals surface area contributed by atoms with E-state index in [1.807, 2.05) is 30.3 Å². The Bertz CT molecular complexity index is 1490. The molecule has 252 valence electrons. The van der Waals surface area contributed by atoms with E-state index in [1.165, 1.54) is 19.3 Å². The Morgan fingerprint density at radius 1 is 0.979 bits per heavy atom. The van der Waals surface area contributed by atoms with Crippen molar-refractivity contribution < 1.29 is 14.6 Å². The van der Waals surface area contributed by atoms with Gasteiger partial charge in [-0.1, -0.05) is 74.6 Å². The lowest BCUT2D eigenvalue weighted by Gasteiger charge is -2.40. The molecule has 2 fully saturated rings. The summed E-state index contributed by atoms with van der Waals surface area (Å²) in [6.07, 6.45) is 8.34. The summed E-state index contributed by atoms with van der Waals surface area (Å²) >= 11 is 0. The number of anilines is 2. The standard InChI is InChI=1S/C38H50N4O5/c1-46-20-9-21-47-38(30-12-6-3-7-13-30)31-14-8-19-42(26-31)35-34(36(44)37(35)45)41-32(22-27-10-4-2-5-11-27)33(43)25-40-24-29-17-15-28(23-39)16-18-29/h3,6-7,12-13,15-18,27,31-33,38,40-41,43H,2,4-5,8-11,14,19-22,24-26H2,1H3/t31?,32-,33+,38?/m0/s1. The molecular formula is C38H50N4O5. The first kappa shape index (κ1) is 34.8. The van der Waals surface area contributed by atoms with Gasteiger partial charge in [0.15, 0.2) is 0 Å². The molecule has 0 aromatic heterocycles. The van der Waals surface area contributed by atoms with E-state index in [2.05, 4.69) is 33.7 Å². The van der Waals surface area contributed by atoms with Crippen LogP contribution >= 0.6 is 0 Å². The summed E-state index contributed by atoms with van der Waals surface area (Å²) < 4.78 is 11.7. The highest BCUT2D eigenvalue weighted by atomic mass is 16.5. The smallest absolute Gasteiger partial charge is 0.253 e. The highest BCUT2D eigenvalue weighted by molar-refractivity contribution is 5.75. The Morgan fingerprint density at radius 2 is 1.74 bits per heavy atom. The van der Waals surface area contributed by atoms with Crippen molar-refractivity contribution in [3.8, 4) is 6.07 Å². The number of methoxy groups -OCH3 is 1. The van der Waals surface area contributed by atoms with Gasteiger partial charge in [-0.05, 0) is 54.9 Å². The van der Waals surface area contributed by atoms with E-state index < -0.39 is 17.0 Å². The van der Waals surface area contributed by atoms with Crippen molar-refractivity contribution in [2.45, 2.75) is 82.6 Å². The van der Waals surface area contributed by atoms with Crippen LogP contribution in [0.5, 0.6) is 0 Å². The predicted octanol–water partition coefficient (Wildman–Crippen LogP) is 5.07. The van der Waals surface area contributed by atoms with Crippen molar-refractivity contribution >= 4 is 11.4 Å². The van der Waals surface area contributed by atoms with Crippen molar-refractivity contribution in [1.82, 2.24) is 5.32 Å². The van der Waals surface area contributed by atoms with Gasteiger partial charge < -0.3 is 30.1 Å². The van der Waals surface area contributed by atoms with Crippen LogP contribution in [0.1, 0.15) is 80.6 Å². The first-order chi connectivity index (χ1) is 23.0. The second-order valence-electron chi connectivity index (χ2n) is 13.3. The molecule has 0 amide bonds. The maximum atomic E-state index is 13.1. The van der Waals surface area contributed by atoms with Gasteiger partial charge >= 0.3 is 0 Å². The second-order valence-corrected chi connectivity index (χ2v) is 13.3. The van der Waals surface area contributed by atoms with Crippen molar-refractivity contribution in [3.63, 3.8) is 0 Å². The average molecular weight is 643 g/mol. The number of ether oxygens (including phenoxy) is 2. The zero-order valence-corrected chi connectivity index (χ0v) is 27.7. The first-order valence-corrected chi connectivity index (χ1v) is 17.4. The lowest BCUT2D eigenvalue weighted by atomic mass is 9.83. The van der Waals surface area contributed by atoms with Crippen molar-refractivity contribution in [1.29, 1.82) is 5.26 Å². The number of nitriles is 1. The highest BCUT2D eigenvalue weighted by Crippen LogP contribution is 2.36. The van der Waals surface area contributed by atoms with Crippen molar-refractivity contribution in [3.05, 3.63) is 91.7 Å². The molecule has 2 unspecified atom stereocenters. The third kappa shape index (κ3) is 9.29. The SMILES string of the molecule is COCCCOC(c1ccccc1)C1CCCN(c2c(N[C@@H](CC3CCCCC3)[C@H](O)CNCc3ccc(C#N)cc3)c(=O)c2=O)C1. The van der Waals surface area contributed by atoms with Crippen LogP contribution in [0, 0.1) is 23.2 Å². The number of aliphatic hydroxyl groups is 1. The summed E-state index contributed by atoms with van der Waals surface area (Å²) in [5, 5.41) is 27.3. The van der Waals surface area contributed by atoms with Crippen LogP contribution in [0.3, 0.4) is 0 Å². The molecule has 47 heavy (non-hydrogen) atoms. The molecule has 1 aliphatic heterocycles. The van der Waals surface area contributed by atoms with E-state index in [9.17, 15) is 14.7 Å². The molecule has 0 radical (unpaired) electrons. The lowest BCUT2D eigenvalue weighted by Crippen LogP contribution is -2.50. The summed E-state index contributed by atoms with van der Waals surface area (Å²) in [5.41, 5.74) is 2.61. The minimum Gasteiger partial charge on any atom is -0.390 e. The fraction of sp³-hybridized carbons (Fsp3) is 0.553. The molecule has 9 nitrogen and oxygen atoms in total. The van der Waals surface area contributed by atoms with Crippen LogP contribution in [0.4, 0.5) is 11.4 Å². The summed E-state index contributed by atoms with van der Waals surface area (Å²) in [6, 6.07) is 19.4. The third-order valence-corrected chi connectivity index (χ3v) is 9.88. The number of nitrogens with one attached hydrogen (secondary N) is 2. The molecule has 1 aliphatic carbocycles. The van der Waals surface area contributed by atoms with Gasteiger partial charge in [0.2, 0.25) is 0 Å². The molecule has 3 aromatic rings. The van der Waals surface area contributed by atoms with Crippen molar-refractivity contribution in [2.75, 3.05) is 50.2 Å². The number of benzene rings is 2. The maximum Gasteiger partial charge on any atom is 0.253 e. The monoisotopic (exact) mass is 642 g/mol.